The summed E-state index contributed by atoms with van der Waals surface area (Å²) in [6.07, 6.45) is 2.41. The van der Waals surface area contributed by atoms with Crippen molar-refractivity contribution in [3.05, 3.63) is 54.1 Å². The number of rotatable bonds is 8. The van der Waals surface area contributed by atoms with E-state index >= 15 is 0 Å². The van der Waals surface area contributed by atoms with E-state index in [2.05, 4.69) is 41.5 Å². The Bertz CT molecular complexity index is 1030. The molecule has 1 N–H and O–H groups in total. The zero-order valence-electron chi connectivity index (χ0n) is 17.5. The van der Waals surface area contributed by atoms with Gasteiger partial charge >= 0.3 is 0 Å². The van der Waals surface area contributed by atoms with Crippen molar-refractivity contribution in [2.45, 2.75) is 37.9 Å². The van der Waals surface area contributed by atoms with E-state index in [1.54, 1.807) is 7.11 Å². The summed E-state index contributed by atoms with van der Waals surface area (Å²) < 4.78 is 7.52. The summed E-state index contributed by atoms with van der Waals surface area (Å²) >= 11 is 1.39. The van der Waals surface area contributed by atoms with Crippen LogP contribution in [0, 0.1) is 12.8 Å². The number of methoxy groups -OCH3 is 1. The summed E-state index contributed by atoms with van der Waals surface area (Å²) in [7, 11) is 1.65. The maximum absolute atomic E-state index is 12.4. The van der Waals surface area contributed by atoms with Gasteiger partial charge in [-0.1, -0.05) is 41.6 Å². The summed E-state index contributed by atoms with van der Waals surface area (Å²) in [6.45, 7) is 4.13. The second-order valence-corrected chi connectivity index (χ2v) is 8.60. The molecule has 1 heterocycles. The lowest BCUT2D eigenvalue weighted by Crippen LogP contribution is -2.35. The number of aryl methyl sites for hydroxylation is 1. The van der Waals surface area contributed by atoms with Crippen LogP contribution in [0.1, 0.15) is 25.3 Å². The molecule has 0 saturated heterocycles. The number of carbonyl (C=O) groups is 1. The number of nitrogens with zero attached hydrogens (tertiary/aromatic N) is 3. The van der Waals surface area contributed by atoms with Crippen molar-refractivity contribution >= 4 is 17.7 Å². The molecule has 0 spiro atoms. The highest BCUT2D eigenvalue weighted by atomic mass is 32.2. The third-order valence-electron chi connectivity index (χ3n) is 5.32. The lowest BCUT2D eigenvalue weighted by atomic mass is 10.1. The Hall–Kier alpha value is -2.80. The molecule has 1 saturated carbocycles. The molecular weight excluding hydrogens is 396 g/mol. The smallest absolute Gasteiger partial charge is 0.230 e. The lowest BCUT2D eigenvalue weighted by Gasteiger charge is -2.14. The van der Waals surface area contributed by atoms with Crippen LogP contribution in [0.5, 0.6) is 5.75 Å². The van der Waals surface area contributed by atoms with Crippen LogP contribution in [0.4, 0.5) is 0 Å². The normalized spacial score (nSPS) is 14.4. The Morgan fingerprint density at radius 3 is 2.63 bits per heavy atom. The highest BCUT2D eigenvalue weighted by molar-refractivity contribution is 7.99. The van der Waals surface area contributed by atoms with Gasteiger partial charge in [0.05, 0.1) is 18.4 Å². The summed E-state index contributed by atoms with van der Waals surface area (Å²) in [6, 6.07) is 16.2. The predicted octanol–water partition coefficient (Wildman–Crippen LogP) is 4.26. The van der Waals surface area contributed by atoms with Crippen LogP contribution in [0.25, 0.3) is 17.1 Å². The first kappa shape index (κ1) is 20.5. The lowest BCUT2D eigenvalue weighted by molar-refractivity contribution is -0.119. The van der Waals surface area contributed by atoms with E-state index < -0.39 is 0 Å². The number of ether oxygens (including phenoxy) is 1. The van der Waals surface area contributed by atoms with E-state index in [4.69, 9.17) is 4.74 Å². The molecule has 1 aliphatic rings. The van der Waals surface area contributed by atoms with Gasteiger partial charge in [0.2, 0.25) is 5.91 Å². The van der Waals surface area contributed by atoms with Gasteiger partial charge < -0.3 is 10.1 Å². The average molecular weight is 423 g/mol. The molecule has 1 aliphatic carbocycles. The highest BCUT2D eigenvalue weighted by Crippen LogP contribution is 2.34. The Morgan fingerprint density at radius 2 is 1.93 bits per heavy atom. The van der Waals surface area contributed by atoms with Crippen molar-refractivity contribution < 1.29 is 9.53 Å². The molecular formula is C23H26N4O2S. The van der Waals surface area contributed by atoms with E-state index in [0.717, 1.165) is 17.0 Å². The minimum absolute atomic E-state index is 0.0247. The molecule has 30 heavy (non-hydrogen) atoms. The van der Waals surface area contributed by atoms with E-state index in [-0.39, 0.29) is 11.9 Å². The molecule has 1 amide bonds. The number of nitrogens with one attached hydrogen (secondary N) is 1. The second-order valence-electron chi connectivity index (χ2n) is 7.66. The Kier molecular flexibility index (Phi) is 6.08. The van der Waals surface area contributed by atoms with Crippen molar-refractivity contribution in [1.82, 2.24) is 20.1 Å². The number of hydrogen-bond donors (Lipinski definition) is 1. The van der Waals surface area contributed by atoms with Crippen LogP contribution in [0.2, 0.25) is 0 Å². The molecule has 4 rings (SSSR count). The first-order chi connectivity index (χ1) is 14.6. The van der Waals surface area contributed by atoms with Crippen molar-refractivity contribution in [2.24, 2.45) is 5.92 Å². The van der Waals surface area contributed by atoms with Crippen LogP contribution in [0.15, 0.2) is 53.7 Å². The largest absolute Gasteiger partial charge is 0.496 e. The van der Waals surface area contributed by atoms with Crippen molar-refractivity contribution in [3.63, 3.8) is 0 Å². The molecule has 1 unspecified atom stereocenters. The average Bonchev–Trinajstić information content (AvgIpc) is 3.53. The van der Waals surface area contributed by atoms with Crippen LogP contribution < -0.4 is 10.1 Å². The zero-order valence-corrected chi connectivity index (χ0v) is 18.3. The number of thioether (sulfide) groups is 1. The van der Waals surface area contributed by atoms with Crippen LogP contribution >= 0.6 is 11.8 Å². The SMILES string of the molecule is COc1ccccc1-c1nnc(SCC(=O)NC(C)C2CC2)n1-c1ccc(C)cc1. The summed E-state index contributed by atoms with van der Waals surface area (Å²) in [4.78, 5) is 12.4. The molecule has 1 fully saturated rings. The van der Waals surface area contributed by atoms with E-state index in [1.165, 1.54) is 30.2 Å². The first-order valence-corrected chi connectivity index (χ1v) is 11.1. The minimum atomic E-state index is 0.0247. The first-order valence-electron chi connectivity index (χ1n) is 10.1. The number of hydrogen-bond acceptors (Lipinski definition) is 5. The molecule has 2 aromatic carbocycles. The van der Waals surface area contributed by atoms with Crippen LogP contribution in [-0.4, -0.2) is 39.6 Å². The number of para-hydroxylation sites is 1. The van der Waals surface area contributed by atoms with Gasteiger partial charge in [0.15, 0.2) is 11.0 Å². The molecule has 0 bridgehead atoms. The van der Waals surface area contributed by atoms with Gasteiger partial charge in [-0.2, -0.15) is 0 Å². The monoisotopic (exact) mass is 422 g/mol. The molecule has 7 heteroatoms. The predicted molar refractivity (Wildman–Crippen MR) is 119 cm³/mol. The van der Waals surface area contributed by atoms with Gasteiger partial charge in [0.1, 0.15) is 5.75 Å². The third-order valence-corrected chi connectivity index (χ3v) is 6.25. The fourth-order valence-corrected chi connectivity index (χ4v) is 4.20. The standard InChI is InChI=1S/C23H26N4O2S/c1-15-8-12-18(13-9-15)27-22(19-6-4-5-7-20(19)29-3)25-26-23(27)30-14-21(28)24-16(2)17-10-11-17/h4-9,12-13,16-17H,10-11,14H2,1-3H3,(H,24,28). The van der Waals surface area contributed by atoms with E-state index in [1.807, 2.05) is 41.0 Å². The Balaban J connectivity index is 1.64. The summed E-state index contributed by atoms with van der Waals surface area (Å²) in [5.74, 6) is 2.37. The van der Waals surface area contributed by atoms with Crippen LogP contribution in [-0.2, 0) is 4.79 Å². The zero-order chi connectivity index (χ0) is 21.1. The maximum atomic E-state index is 12.4. The number of carbonyl (C=O) groups excluding carboxylic acids is 1. The molecule has 0 radical (unpaired) electrons. The topological polar surface area (TPSA) is 69.0 Å². The summed E-state index contributed by atoms with van der Waals surface area (Å²) in [5, 5.41) is 12.6. The molecule has 1 atom stereocenters. The van der Waals surface area contributed by atoms with Crippen LogP contribution in [0.3, 0.4) is 0 Å². The molecule has 1 aromatic heterocycles. The van der Waals surface area contributed by atoms with E-state index in [9.17, 15) is 4.79 Å². The van der Waals surface area contributed by atoms with Gasteiger partial charge in [-0.15, -0.1) is 10.2 Å². The fourth-order valence-electron chi connectivity index (χ4n) is 3.43. The Morgan fingerprint density at radius 1 is 1.20 bits per heavy atom. The van der Waals surface area contributed by atoms with Crippen molar-refractivity contribution in [2.75, 3.05) is 12.9 Å². The van der Waals surface area contributed by atoms with Gasteiger partial charge in [0.25, 0.3) is 0 Å². The van der Waals surface area contributed by atoms with Gasteiger partial charge in [0, 0.05) is 11.7 Å². The fraction of sp³-hybridized carbons (Fsp3) is 0.348. The highest BCUT2D eigenvalue weighted by Gasteiger charge is 2.29. The molecule has 0 aliphatic heterocycles. The molecule has 3 aromatic rings. The number of aromatic nitrogens is 3. The van der Waals surface area contributed by atoms with Gasteiger partial charge in [-0.25, -0.2) is 0 Å². The van der Waals surface area contributed by atoms with Gasteiger partial charge in [-0.05, 0) is 56.9 Å². The minimum Gasteiger partial charge on any atom is -0.496 e. The quantitative estimate of drug-likeness (QED) is 0.550. The second kappa shape index (κ2) is 8.92. The number of benzene rings is 2. The number of amides is 1. The molecule has 156 valence electrons. The molecule has 6 nitrogen and oxygen atoms in total. The maximum Gasteiger partial charge on any atom is 0.230 e. The van der Waals surface area contributed by atoms with Gasteiger partial charge in [-0.3, -0.25) is 9.36 Å². The van der Waals surface area contributed by atoms with Crippen molar-refractivity contribution in [3.8, 4) is 22.8 Å². The van der Waals surface area contributed by atoms with Crippen molar-refractivity contribution in [1.29, 1.82) is 0 Å². The van der Waals surface area contributed by atoms with E-state index in [0.29, 0.717) is 22.7 Å². The summed E-state index contributed by atoms with van der Waals surface area (Å²) in [5.41, 5.74) is 2.97. The third kappa shape index (κ3) is 4.51. The Labute approximate surface area is 181 Å².